The number of hydrogen-bond donors (Lipinski definition) is 0. The summed E-state index contributed by atoms with van der Waals surface area (Å²) in [6, 6.07) is 15.7. The molecular formula is C17H17BrO3. The van der Waals surface area contributed by atoms with Crippen molar-refractivity contribution < 1.29 is 14.3 Å². The maximum absolute atomic E-state index is 11.5. The van der Waals surface area contributed by atoms with Gasteiger partial charge in [0.2, 0.25) is 0 Å². The summed E-state index contributed by atoms with van der Waals surface area (Å²) < 4.78 is 11.5. The van der Waals surface area contributed by atoms with Gasteiger partial charge in [-0.05, 0) is 49.2 Å². The van der Waals surface area contributed by atoms with Gasteiger partial charge in [-0.25, -0.2) is 4.79 Å². The minimum Gasteiger partial charge on any atom is -0.479 e. The summed E-state index contributed by atoms with van der Waals surface area (Å²) in [6.07, 6.45) is -0.608. The summed E-state index contributed by atoms with van der Waals surface area (Å²) in [5.41, 5.74) is 2.22. The van der Waals surface area contributed by atoms with Gasteiger partial charge < -0.3 is 9.47 Å². The highest BCUT2D eigenvalue weighted by Crippen LogP contribution is 2.24. The fraction of sp³-hybridized carbons (Fsp3) is 0.235. The van der Waals surface area contributed by atoms with Gasteiger partial charge in [0.05, 0.1) is 6.61 Å². The van der Waals surface area contributed by atoms with E-state index in [0.29, 0.717) is 12.4 Å². The van der Waals surface area contributed by atoms with Crippen LogP contribution in [0.4, 0.5) is 0 Å². The van der Waals surface area contributed by atoms with Crippen LogP contribution in [0.1, 0.15) is 13.8 Å². The highest BCUT2D eigenvalue weighted by Gasteiger charge is 2.15. The Balaban J connectivity index is 2.05. The van der Waals surface area contributed by atoms with Crippen molar-refractivity contribution in [1.82, 2.24) is 0 Å². The zero-order valence-corrected chi connectivity index (χ0v) is 13.6. The van der Waals surface area contributed by atoms with Crippen LogP contribution in [0.2, 0.25) is 0 Å². The number of carbonyl (C=O) groups excluding carboxylic acids is 1. The Morgan fingerprint density at radius 3 is 2.10 bits per heavy atom. The first kappa shape index (κ1) is 15.6. The van der Waals surface area contributed by atoms with E-state index >= 15 is 0 Å². The molecule has 0 N–H and O–H groups in total. The molecule has 0 aromatic heterocycles. The van der Waals surface area contributed by atoms with E-state index in [2.05, 4.69) is 15.9 Å². The van der Waals surface area contributed by atoms with Crippen molar-refractivity contribution in [2.45, 2.75) is 20.0 Å². The molecule has 2 aromatic rings. The largest absolute Gasteiger partial charge is 0.479 e. The molecule has 0 bridgehead atoms. The molecule has 0 saturated heterocycles. The highest BCUT2D eigenvalue weighted by atomic mass is 79.9. The first-order valence-electron chi connectivity index (χ1n) is 6.79. The molecule has 0 saturated carbocycles. The Morgan fingerprint density at radius 1 is 1.05 bits per heavy atom. The molecule has 2 aromatic carbocycles. The molecule has 0 aliphatic heterocycles. The molecule has 0 heterocycles. The summed E-state index contributed by atoms with van der Waals surface area (Å²) in [7, 11) is 0. The van der Waals surface area contributed by atoms with Crippen molar-refractivity contribution >= 4 is 21.9 Å². The van der Waals surface area contributed by atoms with Crippen LogP contribution >= 0.6 is 15.9 Å². The van der Waals surface area contributed by atoms with Crippen molar-refractivity contribution in [1.29, 1.82) is 0 Å². The number of carbonyl (C=O) groups is 1. The SMILES string of the molecule is CCOC(=O)C(C)Oc1ccc(-c2ccc(Br)cc2)cc1. The van der Waals surface area contributed by atoms with Crippen LogP contribution in [0.5, 0.6) is 5.75 Å². The Bertz CT molecular complexity index is 590. The van der Waals surface area contributed by atoms with E-state index in [9.17, 15) is 4.79 Å². The quantitative estimate of drug-likeness (QED) is 0.749. The lowest BCUT2D eigenvalue weighted by Gasteiger charge is -2.13. The fourth-order valence-corrected chi connectivity index (χ4v) is 2.14. The molecule has 0 amide bonds. The summed E-state index contributed by atoms with van der Waals surface area (Å²) >= 11 is 3.42. The molecule has 3 nitrogen and oxygen atoms in total. The maximum Gasteiger partial charge on any atom is 0.347 e. The molecule has 0 fully saturated rings. The van der Waals surface area contributed by atoms with E-state index in [1.165, 1.54) is 0 Å². The zero-order valence-electron chi connectivity index (χ0n) is 12.0. The van der Waals surface area contributed by atoms with Crippen LogP contribution < -0.4 is 4.74 Å². The number of esters is 1. The molecule has 110 valence electrons. The summed E-state index contributed by atoms with van der Waals surface area (Å²) in [6.45, 7) is 3.81. The first-order chi connectivity index (χ1) is 10.1. The number of halogens is 1. The van der Waals surface area contributed by atoms with Gasteiger partial charge >= 0.3 is 5.97 Å². The Hall–Kier alpha value is -1.81. The summed E-state index contributed by atoms with van der Waals surface area (Å²) in [5.74, 6) is 0.297. The predicted octanol–water partition coefficient (Wildman–Crippen LogP) is 4.45. The number of rotatable bonds is 5. The maximum atomic E-state index is 11.5. The van der Waals surface area contributed by atoms with Gasteiger partial charge in [0.15, 0.2) is 6.10 Å². The Labute approximate surface area is 133 Å². The average Bonchev–Trinajstić information content (AvgIpc) is 2.49. The van der Waals surface area contributed by atoms with Crippen LogP contribution in [0.15, 0.2) is 53.0 Å². The third kappa shape index (κ3) is 4.33. The van der Waals surface area contributed by atoms with Crippen LogP contribution in [0.25, 0.3) is 11.1 Å². The van der Waals surface area contributed by atoms with Crippen molar-refractivity contribution in [3.8, 4) is 16.9 Å². The molecule has 0 radical (unpaired) electrons. The number of hydrogen-bond acceptors (Lipinski definition) is 3. The van der Waals surface area contributed by atoms with Crippen LogP contribution in [-0.2, 0) is 9.53 Å². The lowest BCUT2D eigenvalue weighted by Crippen LogP contribution is -2.25. The lowest BCUT2D eigenvalue weighted by atomic mass is 10.1. The molecule has 0 spiro atoms. The van der Waals surface area contributed by atoms with Crippen molar-refractivity contribution in [2.24, 2.45) is 0 Å². The molecule has 0 aliphatic rings. The van der Waals surface area contributed by atoms with E-state index in [1.807, 2.05) is 48.5 Å². The third-order valence-corrected chi connectivity index (χ3v) is 3.49. The van der Waals surface area contributed by atoms with Gasteiger partial charge in [-0.2, -0.15) is 0 Å². The minimum absolute atomic E-state index is 0.352. The van der Waals surface area contributed by atoms with E-state index in [0.717, 1.165) is 15.6 Å². The Kier molecular flexibility index (Phi) is 5.39. The van der Waals surface area contributed by atoms with Crippen LogP contribution in [0.3, 0.4) is 0 Å². The molecular weight excluding hydrogens is 332 g/mol. The monoisotopic (exact) mass is 348 g/mol. The summed E-state index contributed by atoms with van der Waals surface area (Å²) in [4.78, 5) is 11.5. The van der Waals surface area contributed by atoms with Gasteiger partial charge in [-0.1, -0.05) is 40.2 Å². The first-order valence-corrected chi connectivity index (χ1v) is 7.58. The predicted molar refractivity (Wildman–Crippen MR) is 86.3 cm³/mol. The van der Waals surface area contributed by atoms with Crippen molar-refractivity contribution in [2.75, 3.05) is 6.61 Å². The number of ether oxygens (including phenoxy) is 2. The second kappa shape index (κ2) is 7.27. The third-order valence-electron chi connectivity index (χ3n) is 2.96. The molecule has 2 rings (SSSR count). The molecule has 1 atom stereocenters. The second-order valence-electron chi connectivity index (χ2n) is 4.54. The van der Waals surface area contributed by atoms with E-state index in [-0.39, 0.29) is 5.97 Å². The minimum atomic E-state index is -0.608. The summed E-state index contributed by atoms with van der Waals surface area (Å²) in [5, 5.41) is 0. The molecule has 1 unspecified atom stereocenters. The molecule has 21 heavy (non-hydrogen) atoms. The fourth-order valence-electron chi connectivity index (χ4n) is 1.88. The average molecular weight is 349 g/mol. The normalized spacial score (nSPS) is 11.8. The lowest BCUT2D eigenvalue weighted by molar-refractivity contribution is -0.150. The van der Waals surface area contributed by atoms with E-state index in [1.54, 1.807) is 13.8 Å². The van der Waals surface area contributed by atoms with E-state index in [4.69, 9.17) is 9.47 Å². The van der Waals surface area contributed by atoms with Gasteiger partial charge in [-0.15, -0.1) is 0 Å². The smallest absolute Gasteiger partial charge is 0.347 e. The van der Waals surface area contributed by atoms with Gasteiger partial charge in [0, 0.05) is 4.47 Å². The Morgan fingerprint density at radius 2 is 1.57 bits per heavy atom. The van der Waals surface area contributed by atoms with Gasteiger partial charge in [0.1, 0.15) is 5.75 Å². The van der Waals surface area contributed by atoms with E-state index < -0.39 is 6.10 Å². The van der Waals surface area contributed by atoms with Crippen LogP contribution in [-0.4, -0.2) is 18.7 Å². The second-order valence-corrected chi connectivity index (χ2v) is 5.46. The van der Waals surface area contributed by atoms with Crippen LogP contribution in [0, 0.1) is 0 Å². The highest BCUT2D eigenvalue weighted by molar-refractivity contribution is 9.10. The standard InChI is InChI=1S/C17H17BrO3/c1-3-20-17(19)12(2)21-16-10-6-14(7-11-16)13-4-8-15(18)9-5-13/h4-12H,3H2,1-2H3. The topological polar surface area (TPSA) is 35.5 Å². The van der Waals surface area contributed by atoms with Gasteiger partial charge in [0.25, 0.3) is 0 Å². The van der Waals surface area contributed by atoms with Crippen molar-refractivity contribution in [3.05, 3.63) is 53.0 Å². The van der Waals surface area contributed by atoms with Crippen molar-refractivity contribution in [3.63, 3.8) is 0 Å². The molecule has 0 aliphatic carbocycles. The zero-order chi connectivity index (χ0) is 15.2. The van der Waals surface area contributed by atoms with Gasteiger partial charge in [-0.3, -0.25) is 0 Å². The molecule has 4 heteroatoms. The number of benzene rings is 2.